The number of fused-ring (bicyclic) bond motifs is 8. The Hall–Kier alpha value is -6.74. The quantitative estimate of drug-likeness (QED) is 0.162. The molecule has 0 radical (unpaired) electrons. The minimum atomic E-state index is -0.363. The Morgan fingerprint density at radius 3 is 2.03 bits per heavy atom. The van der Waals surface area contributed by atoms with Gasteiger partial charge in [-0.15, -0.1) is 11.3 Å². The molecule has 2 heteroatoms. The fourth-order valence-corrected chi connectivity index (χ4v) is 12.1. The number of nitrogens with zero attached hydrogens (tertiary/aromatic N) is 1. The lowest BCUT2D eigenvalue weighted by Crippen LogP contribution is -2.51. The van der Waals surface area contributed by atoms with Crippen molar-refractivity contribution in [2.75, 3.05) is 4.90 Å². The molecular weight excluding hydrogens is 743 g/mol. The zero-order valence-corrected chi connectivity index (χ0v) is 34.4. The van der Waals surface area contributed by atoms with Crippen LogP contribution in [0.25, 0.3) is 54.1 Å². The van der Waals surface area contributed by atoms with Gasteiger partial charge in [0.1, 0.15) is 0 Å². The normalized spacial score (nSPS) is 19.3. The molecule has 1 aromatic heterocycles. The van der Waals surface area contributed by atoms with Gasteiger partial charge < -0.3 is 4.90 Å². The summed E-state index contributed by atoms with van der Waals surface area (Å²) in [5.41, 5.74) is 13.7. The van der Waals surface area contributed by atoms with E-state index in [1.165, 1.54) is 92.1 Å². The van der Waals surface area contributed by atoms with E-state index in [1.54, 1.807) is 0 Å². The smallest absolute Gasteiger partial charge is 0.0676 e. The molecule has 0 spiro atoms. The highest BCUT2D eigenvalue weighted by atomic mass is 32.1. The van der Waals surface area contributed by atoms with Crippen molar-refractivity contribution < 1.29 is 0 Å². The van der Waals surface area contributed by atoms with Gasteiger partial charge in [-0.3, -0.25) is 0 Å². The van der Waals surface area contributed by atoms with Crippen molar-refractivity contribution in [1.82, 2.24) is 0 Å². The average Bonchev–Trinajstić information content (AvgIpc) is 3.83. The molecule has 7 aromatic carbocycles. The van der Waals surface area contributed by atoms with E-state index in [0.717, 1.165) is 12.8 Å². The van der Waals surface area contributed by atoms with Crippen LogP contribution in [-0.2, 0) is 5.41 Å². The summed E-state index contributed by atoms with van der Waals surface area (Å²) in [5, 5.41) is 5.26. The maximum Gasteiger partial charge on any atom is 0.0676 e. The summed E-state index contributed by atoms with van der Waals surface area (Å²) < 4.78 is 2.66. The molecule has 4 aliphatic rings. The first-order valence-corrected chi connectivity index (χ1v) is 22.1. The first kappa shape index (κ1) is 35.2. The van der Waals surface area contributed by atoms with E-state index in [1.807, 2.05) is 11.3 Å². The first-order chi connectivity index (χ1) is 29.6. The van der Waals surface area contributed by atoms with Gasteiger partial charge in [-0.05, 0) is 111 Å². The molecule has 0 saturated heterocycles. The molecule has 0 bridgehead atoms. The van der Waals surface area contributed by atoms with E-state index < -0.39 is 0 Å². The third-order valence-corrected chi connectivity index (χ3v) is 14.9. The molecule has 1 heterocycles. The Morgan fingerprint density at radius 1 is 0.600 bits per heavy atom. The molecule has 2 unspecified atom stereocenters. The van der Waals surface area contributed by atoms with Gasteiger partial charge in [-0.25, -0.2) is 0 Å². The van der Waals surface area contributed by atoms with Gasteiger partial charge in [0.25, 0.3) is 0 Å². The number of thiophene rings is 1. The Morgan fingerprint density at radius 2 is 1.27 bits per heavy atom. The summed E-state index contributed by atoms with van der Waals surface area (Å²) in [7, 11) is 0. The summed E-state index contributed by atoms with van der Waals surface area (Å²) in [5.74, 6) is 0. The third-order valence-electron chi connectivity index (χ3n) is 13.8. The molecule has 0 saturated carbocycles. The number of benzene rings is 7. The lowest BCUT2D eigenvalue weighted by Gasteiger charge is -2.46. The van der Waals surface area contributed by atoms with Gasteiger partial charge in [0.15, 0.2) is 0 Å². The van der Waals surface area contributed by atoms with Crippen LogP contribution in [-0.4, -0.2) is 6.04 Å². The summed E-state index contributed by atoms with van der Waals surface area (Å²) in [6.07, 6.45) is 20.7. The lowest BCUT2D eigenvalue weighted by molar-refractivity contribution is 0.506. The maximum atomic E-state index is 2.59. The molecular formula is C58H43NS. The molecule has 0 amide bonds. The average molecular weight is 786 g/mol. The summed E-state index contributed by atoms with van der Waals surface area (Å²) in [6.45, 7) is 2.42. The fourth-order valence-electron chi connectivity index (χ4n) is 10.9. The van der Waals surface area contributed by atoms with Gasteiger partial charge in [0.05, 0.1) is 11.5 Å². The highest BCUT2D eigenvalue weighted by molar-refractivity contribution is 7.25. The largest absolute Gasteiger partial charge is 0.333 e. The molecule has 0 fully saturated rings. The van der Waals surface area contributed by atoms with Gasteiger partial charge in [0.2, 0.25) is 0 Å². The van der Waals surface area contributed by atoms with E-state index >= 15 is 0 Å². The van der Waals surface area contributed by atoms with Crippen LogP contribution < -0.4 is 15.3 Å². The van der Waals surface area contributed by atoms with E-state index in [9.17, 15) is 0 Å². The van der Waals surface area contributed by atoms with E-state index in [2.05, 4.69) is 224 Å². The van der Waals surface area contributed by atoms with Crippen molar-refractivity contribution >= 4 is 54.5 Å². The van der Waals surface area contributed by atoms with Crippen molar-refractivity contribution in [3.05, 3.63) is 239 Å². The number of hydrogen-bond donors (Lipinski definition) is 0. The number of anilines is 2. The molecule has 1 nitrogen and oxygen atoms in total. The molecule has 2 atom stereocenters. The van der Waals surface area contributed by atoms with Crippen LogP contribution in [0, 0.1) is 5.41 Å². The van der Waals surface area contributed by atoms with E-state index in [-0.39, 0.29) is 16.9 Å². The lowest BCUT2D eigenvalue weighted by atomic mass is 9.65. The van der Waals surface area contributed by atoms with Crippen molar-refractivity contribution in [1.29, 1.82) is 0 Å². The molecule has 4 aliphatic carbocycles. The van der Waals surface area contributed by atoms with Crippen molar-refractivity contribution in [2.24, 2.45) is 5.41 Å². The topological polar surface area (TPSA) is 3.24 Å². The molecule has 12 rings (SSSR count). The second-order valence-corrected chi connectivity index (χ2v) is 18.0. The SMILES string of the molecule is CC12C=CC=CC1=c1ccccc1=CC2N(c1ccc(-c2ccc3c(c2)sc2ccccc23)cc1)c1ccc(C2(C3=CC=CCC3)c3ccccc3-c3ccccc32)cc1. The standard InChI is InChI=1S/C58H43NS/c1-57-36-14-13-22-51(57)46-18-6-5-15-41(46)38-56(57)59(44-31-26-39(27-32-44)40-28-35-50-49-21-9-12-25-54(49)60-55(50)37-40)45-33-29-43(30-34-45)58(42-16-3-2-4-17-42)52-23-10-7-19-47(52)48-20-8-11-24-53(48)58/h2-3,5-16,18-38,56H,4,17H2,1H3. The van der Waals surface area contributed by atoms with E-state index in [0.29, 0.717) is 0 Å². The van der Waals surface area contributed by atoms with Gasteiger partial charge >= 0.3 is 0 Å². The number of rotatable bonds is 6. The number of hydrogen-bond acceptors (Lipinski definition) is 2. The molecule has 8 aromatic rings. The minimum Gasteiger partial charge on any atom is -0.333 e. The van der Waals surface area contributed by atoms with Crippen LogP contribution in [0.2, 0.25) is 0 Å². The zero-order valence-electron chi connectivity index (χ0n) is 33.6. The zero-order chi connectivity index (χ0) is 39.8. The Labute approximate surface area is 355 Å². The van der Waals surface area contributed by atoms with Crippen LogP contribution in [0.5, 0.6) is 0 Å². The van der Waals surface area contributed by atoms with E-state index in [4.69, 9.17) is 0 Å². The van der Waals surface area contributed by atoms with Gasteiger partial charge in [-0.1, -0.05) is 182 Å². The molecule has 0 N–H and O–H groups in total. The fraction of sp³-hybridized carbons (Fsp3) is 0.103. The summed E-state index contributed by atoms with van der Waals surface area (Å²) in [6, 6.07) is 61.7. The highest BCUT2D eigenvalue weighted by Gasteiger charge is 2.47. The van der Waals surface area contributed by atoms with Crippen LogP contribution in [0.1, 0.15) is 36.5 Å². The predicted molar refractivity (Wildman–Crippen MR) is 255 cm³/mol. The molecule has 286 valence electrons. The second kappa shape index (κ2) is 13.7. The number of allylic oxidation sites excluding steroid dienone is 7. The van der Waals surface area contributed by atoms with Crippen molar-refractivity contribution in [3.8, 4) is 22.3 Å². The molecule has 0 aliphatic heterocycles. The van der Waals surface area contributed by atoms with Crippen LogP contribution in [0.4, 0.5) is 11.4 Å². The minimum absolute atomic E-state index is 0.0169. The van der Waals surface area contributed by atoms with Crippen LogP contribution in [0.15, 0.2) is 212 Å². The first-order valence-electron chi connectivity index (χ1n) is 21.3. The maximum absolute atomic E-state index is 2.59. The highest BCUT2D eigenvalue weighted by Crippen LogP contribution is 2.58. The Kier molecular flexibility index (Phi) is 8.02. The van der Waals surface area contributed by atoms with Gasteiger partial charge in [0, 0.05) is 37.0 Å². The van der Waals surface area contributed by atoms with Crippen LogP contribution in [0.3, 0.4) is 0 Å². The Balaban J connectivity index is 1.02. The molecule has 60 heavy (non-hydrogen) atoms. The third kappa shape index (κ3) is 5.17. The van der Waals surface area contributed by atoms with Crippen LogP contribution >= 0.6 is 11.3 Å². The summed E-state index contributed by atoms with van der Waals surface area (Å²) in [4.78, 5) is 2.59. The van der Waals surface area contributed by atoms with Gasteiger partial charge in [-0.2, -0.15) is 0 Å². The second-order valence-electron chi connectivity index (χ2n) is 16.9. The summed E-state index contributed by atoms with van der Waals surface area (Å²) >= 11 is 1.88. The van der Waals surface area contributed by atoms with Crippen molar-refractivity contribution in [3.63, 3.8) is 0 Å². The monoisotopic (exact) mass is 785 g/mol. The Bertz CT molecular complexity index is 3240. The van der Waals surface area contributed by atoms with Crippen molar-refractivity contribution in [2.45, 2.75) is 31.2 Å². The predicted octanol–water partition coefficient (Wildman–Crippen LogP) is 13.6.